The lowest BCUT2D eigenvalue weighted by Crippen LogP contribution is -2.52. The van der Waals surface area contributed by atoms with Crippen LogP contribution in [0.5, 0.6) is 0 Å². The molecule has 352 valence electrons. The number of nitrogens with zero attached hydrogens (tertiary/aromatic N) is 3. The van der Waals surface area contributed by atoms with E-state index in [9.17, 15) is 0 Å². The number of benzene rings is 8. The Morgan fingerprint density at radius 3 is 1.15 bits per heavy atom. The molecule has 0 amide bonds. The van der Waals surface area contributed by atoms with E-state index in [-0.39, 0.29) is 11.3 Å². The van der Waals surface area contributed by atoms with Crippen molar-refractivity contribution in [1.82, 2.24) is 15.0 Å². The molecule has 8 aromatic carbocycles. The lowest BCUT2D eigenvalue weighted by atomic mass is 9.43. The van der Waals surface area contributed by atoms with Gasteiger partial charge in [0, 0.05) is 52.5 Å². The smallest absolute Gasteiger partial charge is 0.0705 e. The van der Waals surface area contributed by atoms with Gasteiger partial charge >= 0.3 is 0 Å². The quantitative estimate of drug-likeness (QED) is 0.130. The average molecular weight is 956 g/mol. The molecule has 0 N–H and O–H groups in total. The van der Waals surface area contributed by atoms with Crippen molar-refractivity contribution in [2.45, 2.75) is 17.3 Å². The molecule has 11 aromatic rings. The van der Waals surface area contributed by atoms with Gasteiger partial charge in [0.25, 0.3) is 0 Å². The summed E-state index contributed by atoms with van der Waals surface area (Å²) in [5.41, 5.74) is 28.0. The second kappa shape index (κ2) is 17.9. The molecule has 3 atom stereocenters. The maximum absolute atomic E-state index is 5.17. The topological polar surface area (TPSA) is 38.7 Å². The number of hydrogen-bond acceptors (Lipinski definition) is 3. The van der Waals surface area contributed by atoms with Crippen molar-refractivity contribution in [2.75, 3.05) is 0 Å². The van der Waals surface area contributed by atoms with Crippen LogP contribution in [-0.2, 0) is 5.41 Å². The van der Waals surface area contributed by atoms with Gasteiger partial charge in [-0.2, -0.15) is 0 Å². The number of rotatable bonds is 11. The van der Waals surface area contributed by atoms with Crippen LogP contribution in [0.2, 0.25) is 0 Å². The lowest BCUT2D eigenvalue weighted by Gasteiger charge is -2.58. The van der Waals surface area contributed by atoms with Crippen molar-refractivity contribution in [1.29, 1.82) is 0 Å². The van der Waals surface area contributed by atoms with Crippen LogP contribution >= 0.6 is 0 Å². The zero-order valence-electron chi connectivity index (χ0n) is 41.2. The van der Waals surface area contributed by atoms with Crippen LogP contribution in [-0.4, -0.2) is 15.0 Å². The Morgan fingerprint density at radius 1 is 0.320 bits per heavy atom. The van der Waals surface area contributed by atoms with E-state index in [1.165, 1.54) is 33.4 Å². The highest BCUT2D eigenvalue weighted by Gasteiger charge is 2.69. The molecule has 1 spiro atoms. The molecular formula is C72H49N3. The van der Waals surface area contributed by atoms with Gasteiger partial charge in [0.1, 0.15) is 0 Å². The van der Waals surface area contributed by atoms with Crippen LogP contribution in [0.15, 0.2) is 286 Å². The first kappa shape index (κ1) is 44.2. The van der Waals surface area contributed by atoms with Crippen LogP contribution in [0.1, 0.15) is 34.1 Å². The molecular weight excluding hydrogens is 907 g/mol. The molecule has 3 aliphatic rings. The van der Waals surface area contributed by atoms with E-state index in [0.29, 0.717) is 5.92 Å². The fraction of sp³-hybridized carbons (Fsp3) is 0.0417. The van der Waals surface area contributed by atoms with Crippen LogP contribution in [0.3, 0.4) is 0 Å². The lowest BCUT2D eigenvalue weighted by molar-refractivity contribution is 0.335. The number of pyridine rings is 3. The van der Waals surface area contributed by atoms with Crippen molar-refractivity contribution in [3.05, 3.63) is 308 Å². The second-order valence-electron chi connectivity index (χ2n) is 19.9. The summed E-state index contributed by atoms with van der Waals surface area (Å²) in [4.78, 5) is 14.4. The van der Waals surface area contributed by atoms with Gasteiger partial charge < -0.3 is 0 Å². The van der Waals surface area contributed by atoms with E-state index in [1.54, 1.807) is 0 Å². The van der Waals surface area contributed by atoms with Crippen LogP contribution in [0, 0.1) is 0 Å². The molecule has 3 heteroatoms. The highest BCUT2D eigenvalue weighted by Crippen LogP contribution is 2.77. The normalized spacial score (nSPS) is 16.6. The molecule has 0 aliphatic heterocycles. The molecule has 3 aliphatic carbocycles. The molecule has 0 fully saturated rings. The Balaban J connectivity index is 0.864. The Kier molecular flexibility index (Phi) is 10.5. The number of allylic oxidation sites excluding steroid dienone is 4. The summed E-state index contributed by atoms with van der Waals surface area (Å²) in [6.45, 7) is 8.55. The zero-order valence-corrected chi connectivity index (χ0v) is 41.2. The second-order valence-corrected chi connectivity index (χ2v) is 19.9. The Labute approximate surface area is 438 Å². The molecule has 3 heterocycles. The van der Waals surface area contributed by atoms with Gasteiger partial charge in [0.05, 0.1) is 17.1 Å². The maximum atomic E-state index is 5.17. The molecule has 75 heavy (non-hydrogen) atoms. The highest BCUT2D eigenvalue weighted by molar-refractivity contribution is 5.95. The summed E-state index contributed by atoms with van der Waals surface area (Å²) in [7, 11) is 0. The molecule has 0 saturated heterocycles. The Morgan fingerprint density at radius 2 is 0.720 bits per heavy atom. The van der Waals surface area contributed by atoms with E-state index in [1.807, 2.05) is 42.7 Å². The Bertz CT molecular complexity index is 3930. The largest absolute Gasteiger partial charge is 0.256 e. The van der Waals surface area contributed by atoms with E-state index >= 15 is 0 Å². The van der Waals surface area contributed by atoms with Crippen molar-refractivity contribution in [2.24, 2.45) is 0 Å². The van der Waals surface area contributed by atoms with Crippen molar-refractivity contribution < 1.29 is 0 Å². The van der Waals surface area contributed by atoms with Gasteiger partial charge in [-0.1, -0.05) is 207 Å². The first-order valence-corrected chi connectivity index (χ1v) is 25.8. The minimum absolute atomic E-state index is 0.0719. The summed E-state index contributed by atoms with van der Waals surface area (Å²) in [6, 6.07) is 83.4. The number of fused-ring (bicyclic) bond motifs is 5. The molecule has 3 nitrogen and oxygen atoms in total. The van der Waals surface area contributed by atoms with Crippen molar-refractivity contribution in [3.63, 3.8) is 0 Å². The predicted molar refractivity (Wildman–Crippen MR) is 309 cm³/mol. The van der Waals surface area contributed by atoms with Crippen molar-refractivity contribution >= 4 is 0 Å². The highest BCUT2D eigenvalue weighted by atomic mass is 14.8. The van der Waals surface area contributed by atoms with Gasteiger partial charge in [-0.05, 0) is 149 Å². The van der Waals surface area contributed by atoms with Gasteiger partial charge in [-0.3, -0.25) is 15.0 Å². The first-order valence-electron chi connectivity index (χ1n) is 25.8. The average Bonchev–Trinajstić information content (AvgIpc) is 3.94. The van der Waals surface area contributed by atoms with Crippen molar-refractivity contribution in [3.8, 4) is 101 Å². The molecule has 14 rings (SSSR count). The fourth-order valence-electron chi connectivity index (χ4n) is 12.8. The first-order chi connectivity index (χ1) is 37.1. The standard InChI is InChI=1S/C72H49N3/c1-3-55-65(4-2)72-66-24-12-11-23-62(66)71(72)64-45-75-69(44-63(64)70(55)72)51-37-31-48(32-38-51)58-19-7-10-22-61(58)54-42-52(59-20-8-5-17-56(59)46-27-33-49(34-28-46)67-25-13-15-39-73-67)41-53(43-54)60-21-9-6-18-57(60)47-29-35-50(36-30-47)68-26-14-16-40-74-68/h3-45,70-71H,1-2H2. The molecule has 0 radical (unpaired) electrons. The van der Waals surface area contributed by atoms with Gasteiger partial charge in [0.15, 0.2) is 0 Å². The third kappa shape index (κ3) is 7.00. The van der Waals surface area contributed by atoms with E-state index in [4.69, 9.17) is 4.98 Å². The molecule has 0 bridgehead atoms. The maximum Gasteiger partial charge on any atom is 0.0705 e. The molecule has 3 unspecified atom stereocenters. The van der Waals surface area contributed by atoms with E-state index in [0.717, 1.165) is 101 Å². The minimum Gasteiger partial charge on any atom is -0.256 e. The van der Waals surface area contributed by atoms with Crippen LogP contribution in [0.25, 0.3) is 101 Å². The van der Waals surface area contributed by atoms with Gasteiger partial charge in [0.2, 0.25) is 0 Å². The third-order valence-corrected chi connectivity index (χ3v) is 16.2. The Hall–Kier alpha value is -9.57. The van der Waals surface area contributed by atoms with E-state index < -0.39 is 0 Å². The number of aromatic nitrogens is 3. The monoisotopic (exact) mass is 955 g/mol. The zero-order chi connectivity index (χ0) is 50.0. The summed E-state index contributed by atoms with van der Waals surface area (Å²) >= 11 is 0. The van der Waals surface area contributed by atoms with Gasteiger partial charge in [-0.25, -0.2) is 0 Å². The molecule has 0 saturated carbocycles. The van der Waals surface area contributed by atoms with Crippen LogP contribution < -0.4 is 0 Å². The fourth-order valence-corrected chi connectivity index (χ4v) is 12.8. The third-order valence-electron chi connectivity index (χ3n) is 16.2. The number of hydrogen-bond donors (Lipinski definition) is 0. The predicted octanol–water partition coefficient (Wildman–Crippen LogP) is 18.0. The van der Waals surface area contributed by atoms with E-state index in [2.05, 4.69) is 242 Å². The summed E-state index contributed by atoms with van der Waals surface area (Å²) < 4.78 is 0. The molecule has 3 aromatic heterocycles. The minimum atomic E-state index is -0.0719. The summed E-state index contributed by atoms with van der Waals surface area (Å²) in [6.07, 6.45) is 9.95. The summed E-state index contributed by atoms with van der Waals surface area (Å²) in [5.74, 6) is 0.543. The van der Waals surface area contributed by atoms with Gasteiger partial charge in [-0.15, -0.1) is 0 Å². The van der Waals surface area contributed by atoms with Crippen LogP contribution in [0.4, 0.5) is 0 Å². The SMILES string of the molecule is C=CC1=C(C=C)C23c4ccccc4C2c2cnc(-c4ccc(-c5ccccc5-c5cc(-c6ccccc6-c6ccc(-c7ccccn7)cc6)cc(-c6ccccc6-c6ccc(-c7ccccn7)cc6)c5)cc4)cc2C13. The summed E-state index contributed by atoms with van der Waals surface area (Å²) in [5, 5.41) is 0.